The number of nitrogens with zero attached hydrogens (tertiary/aromatic N) is 2. The minimum Gasteiger partial charge on any atom is -0.329 e. The number of hydrogen-bond acceptors (Lipinski definition) is 5. The first-order valence-corrected chi connectivity index (χ1v) is 12.9. The molecule has 0 bridgehead atoms. The lowest BCUT2D eigenvalue weighted by atomic mass is 9.95. The second-order valence-electron chi connectivity index (χ2n) is 8.50. The third-order valence-electron chi connectivity index (χ3n) is 5.77. The van der Waals surface area contributed by atoms with Gasteiger partial charge in [0, 0.05) is 17.8 Å². The van der Waals surface area contributed by atoms with E-state index in [4.69, 9.17) is 5.26 Å². The summed E-state index contributed by atoms with van der Waals surface area (Å²) in [4.78, 5) is 17.3. The fourth-order valence-corrected chi connectivity index (χ4v) is 5.23. The summed E-state index contributed by atoms with van der Waals surface area (Å²) in [5.41, 5.74) is 2.73. The Hall–Kier alpha value is -4.62. The number of hydrogen-bond donors (Lipinski definition) is 2. The van der Waals surface area contributed by atoms with Crippen LogP contribution in [-0.4, -0.2) is 19.4 Å². The van der Waals surface area contributed by atoms with Crippen LogP contribution in [0.2, 0.25) is 0 Å². The number of nitrogens with one attached hydrogen (secondary N) is 2. The predicted molar refractivity (Wildman–Crippen MR) is 137 cm³/mol. The smallest absolute Gasteiger partial charge is 0.329 e. The van der Waals surface area contributed by atoms with E-state index in [0.29, 0.717) is 27.9 Å². The van der Waals surface area contributed by atoms with Crippen molar-refractivity contribution in [2.75, 3.05) is 0 Å². The number of rotatable bonds is 7. The van der Waals surface area contributed by atoms with E-state index >= 15 is 0 Å². The van der Waals surface area contributed by atoms with E-state index in [1.165, 1.54) is 12.3 Å². The van der Waals surface area contributed by atoms with Gasteiger partial charge in [0.2, 0.25) is 0 Å². The molecule has 38 heavy (non-hydrogen) atoms. The Kier molecular flexibility index (Phi) is 7.79. The van der Waals surface area contributed by atoms with Gasteiger partial charge in [0.25, 0.3) is 10.0 Å². The molecule has 0 unspecified atom stereocenters. The van der Waals surface area contributed by atoms with Crippen molar-refractivity contribution in [3.05, 3.63) is 119 Å². The molecule has 0 spiro atoms. The molecule has 192 valence electrons. The topological polar surface area (TPSA) is 112 Å². The summed E-state index contributed by atoms with van der Waals surface area (Å²) < 4.78 is 55.6. The van der Waals surface area contributed by atoms with Crippen LogP contribution >= 0.6 is 0 Å². The van der Waals surface area contributed by atoms with E-state index in [1.54, 1.807) is 61.5 Å². The molecule has 4 rings (SSSR count). The molecule has 0 fully saturated rings. The predicted octanol–water partition coefficient (Wildman–Crippen LogP) is 5.18. The molecule has 0 aliphatic heterocycles. The maximum atomic E-state index is 13.9. The Morgan fingerprint density at radius 3 is 2.34 bits per heavy atom. The lowest BCUT2D eigenvalue weighted by Crippen LogP contribution is -2.42. The van der Waals surface area contributed by atoms with Crippen molar-refractivity contribution in [2.24, 2.45) is 0 Å². The zero-order valence-corrected chi connectivity index (χ0v) is 21.0. The molecule has 0 aliphatic rings. The molecule has 0 aliphatic carbocycles. The van der Waals surface area contributed by atoms with Gasteiger partial charge in [-0.1, -0.05) is 36.4 Å². The zero-order valence-electron chi connectivity index (χ0n) is 20.2. The van der Waals surface area contributed by atoms with Gasteiger partial charge in [-0.25, -0.2) is 26.7 Å². The van der Waals surface area contributed by atoms with Crippen LogP contribution in [0, 0.1) is 29.9 Å². The van der Waals surface area contributed by atoms with Gasteiger partial charge in [0.05, 0.1) is 28.3 Å². The molecule has 0 saturated heterocycles. The molecule has 1 heterocycles. The first kappa shape index (κ1) is 26.4. The van der Waals surface area contributed by atoms with Crippen LogP contribution in [0.1, 0.15) is 28.4 Å². The van der Waals surface area contributed by atoms with Crippen LogP contribution in [0.3, 0.4) is 0 Å². The van der Waals surface area contributed by atoms with E-state index in [0.717, 1.165) is 18.2 Å². The maximum Gasteiger partial charge on any atom is 0.329 e. The molecule has 2 N–H and O–H groups in total. The van der Waals surface area contributed by atoms with Crippen LogP contribution < -0.4 is 10.0 Å². The summed E-state index contributed by atoms with van der Waals surface area (Å²) in [6, 6.07) is 19.3. The first-order chi connectivity index (χ1) is 18.2. The number of pyridine rings is 1. The number of amides is 2. The van der Waals surface area contributed by atoms with Crippen LogP contribution in [0.4, 0.5) is 13.6 Å². The molecule has 0 saturated carbocycles. The van der Waals surface area contributed by atoms with Crippen LogP contribution in [0.15, 0.2) is 90.0 Å². The summed E-state index contributed by atoms with van der Waals surface area (Å²) in [7, 11) is -4.21. The van der Waals surface area contributed by atoms with Gasteiger partial charge in [-0.2, -0.15) is 5.26 Å². The van der Waals surface area contributed by atoms with E-state index in [1.807, 2.05) is 10.8 Å². The second kappa shape index (κ2) is 11.2. The van der Waals surface area contributed by atoms with E-state index in [-0.39, 0.29) is 16.9 Å². The van der Waals surface area contributed by atoms with E-state index < -0.39 is 33.7 Å². The third-order valence-corrected chi connectivity index (χ3v) is 7.26. The van der Waals surface area contributed by atoms with Crippen LogP contribution in [-0.2, 0) is 16.4 Å². The number of carbonyl (C=O) groups excluding carboxylic acids is 1. The molecular weight excluding hydrogens is 510 g/mol. The Morgan fingerprint density at radius 1 is 1.00 bits per heavy atom. The number of urea groups is 1. The number of halogens is 2. The van der Waals surface area contributed by atoms with Gasteiger partial charge in [-0.3, -0.25) is 4.98 Å². The minimum absolute atomic E-state index is 0.0602. The number of sulfonamides is 1. The largest absolute Gasteiger partial charge is 0.329 e. The summed E-state index contributed by atoms with van der Waals surface area (Å²) in [5.74, 6) is -1.59. The number of nitriles is 1. The van der Waals surface area contributed by atoms with Crippen molar-refractivity contribution >= 4 is 16.1 Å². The van der Waals surface area contributed by atoms with Gasteiger partial charge < -0.3 is 5.32 Å². The Morgan fingerprint density at radius 2 is 1.68 bits per heavy atom. The van der Waals surface area contributed by atoms with Gasteiger partial charge in [-0.15, -0.1) is 0 Å². The molecule has 7 nitrogen and oxygen atoms in total. The highest BCUT2D eigenvalue weighted by atomic mass is 32.2. The molecule has 1 aromatic heterocycles. The van der Waals surface area contributed by atoms with Crippen LogP contribution in [0.5, 0.6) is 0 Å². The highest BCUT2D eigenvalue weighted by Crippen LogP contribution is 2.29. The first-order valence-electron chi connectivity index (χ1n) is 11.5. The van der Waals surface area contributed by atoms with Crippen molar-refractivity contribution in [2.45, 2.75) is 24.3 Å². The molecule has 3 aromatic carbocycles. The maximum absolute atomic E-state index is 13.9. The Labute approximate surface area is 218 Å². The van der Waals surface area contributed by atoms with Crippen molar-refractivity contribution in [3.63, 3.8) is 0 Å². The fourth-order valence-electron chi connectivity index (χ4n) is 4.07. The van der Waals surface area contributed by atoms with Crippen molar-refractivity contribution in [1.29, 1.82) is 5.26 Å². The van der Waals surface area contributed by atoms with Crippen molar-refractivity contribution in [3.8, 4) is 17.2 Å². The van der Waals surface area contributed by atoms with E-state index in [2.05, 4.69) is 10.3 Å². The van der Waals surface area contributed by atoms with Gasteiger partial charge in [0.15, 0.2) is 0 Å². The Bertz CT molecular complexity index is 1610. The zero-order chi connectivity index (χ0) is 27.3. The summed E-state index contributed by atoms with van der Waals surface area (Å²) in [6.45, 7) is 1.60. The standard InChI is InChI=1S/C28H22F2N4O3S/c1-18-5-2-3-7-26(18)38(36,37)34-28(35)33-25(15-20-13-22(29)16-23(30)14-20)27-24(6-4-12-32-27)21-10-8-19(17-31)9-11-21/h2-14,16,25H,15H2,1H3,(H2,33,34,35)/t25-/m0/s1. The highest BCUT2D eigenvalue weighted by Gasteiger charge is 2.25. The normalized spacial score (nSPS) is 11.8. The SMILES string of the molecule is Cc1ccccc1S(=O)(=O)NC(=O)N[C@@H](Cc1cc(F)cc(F)c1)c1ncccc1-c1ccc(C#N)cc1. The van der Waals surface area contributed by atoms with Crippen molar-refractivity contribution < 1.29 is 22.0 Å². The molecule has 0 radical (unpaired) electrons. The number of aryl methyl sites for hydroxylation is 1. The average Bonchev–Trinajstić information content (AvgIpc) is 2.87. The summed E-state index contributed by atoms with van der Waals surface area (Å²) in [6.07, 6.45) is 1.40. The van der Waals surface area contributed by atoms with Gasteiger partial charge in [-0.05, 0) is 66.4 Å². The number of carbonyl (C=O) groups is 1. The highest BCUT2D eigenvalue weighted by molar-refractivity contribution is 7.90. The third kappa shape index (κ3) is 6.19. The lowest BCUT2D eigenvalue weighted by molar-refractivity contribution is 0.242. The molecule has 10 heteroatoms. The monoisotopic (exact) mass is 532 g/mol. The molecule has 1 atom stereocenters. The fraction of sp³-hybridized carbons (Fsp3) is 0.107. The van der Waals surface area contributed by atoms with Gasteiger partial charge >= 0.3 is 6.03 Å². The minimum atomic E-state index is -4.21. The average molecular weight is 533 g/mol. The van der Waals surface area contributed by atoms with Gasteiger partial charge in [0.1, 0.15) is 11.6 Å². The molecular formula is C28H22F2N4O3S. The molecule has 2 amide bonds. The summed E-state index contributed by atoms with van der Waals surface area (Å²) >= 11 is 0. The van der Waals surface area contributed by atoms with Crippen molar-refractivity contribution in [1.82, 2.24) is 15.0 Å². The van der Waals surface area contributed by atoms with Crippen LogP contribution in [0.25, 0.3) is 11.1 Å². The lowest BCUT2D eigenvalue weighted by Gasteiger charge is -2.22. The van der Waals surface area contributed by atoms with E-state index in [9.17, 15) is 22.0 Å². The Balaban J connectivity index is 1.71. The number of aromatic nitrogens is 1. The quantitative estimate of drug-likeness (QED) is 0.341. The molecule has 4 aromatic rings. The number of benzene rings is 3. The summed E-state index contributed by atoms with van der Waals surface area (Å²) in [5, 5.41) is 11.7. The second-order valence-corrected chi connectivity index (χ2v) is 10.2.